The Kier molecular flexibility index (Phi) is 5.87. The highest BCUT2D eigenvalue weighted by molar-refractivity contribution is 5.78. The number of carbonyl (C=O) groups is 1. The highest BCUT2D eigenvalue weighted by atomic mass is 16.2. The van der Waals surface area contributed by atoms with Gasteiger partial charge in [0.25, 0.3) is 0 Å². The predicted octanol–water partition coefficient (Wildman–Crippen LogP) is 3.30. The molecule has 1 atom stereocenters. The minimum Gasteiger partial charge on any atom is -0.398 e. The average Bonchev–Trinajstić information content (AvgIpc) is 2.38. The lowest BCUT2D eigenvalue weighted by molar-refractivity contribution is -0.137. The number of nitrogen functional groups attached to an aromatic ring is 1. The van der Waals surface area contributed by atoms with Crippen molar-refractivity contribution in [2.75, 3.05) is 12.3 Å². The number of hydrogen-bond acceptors (Lipinski definition) is 2. The maximum Gasteiger partial charge on any atom is 0.225 e. The zero-order valence-electron chi connectivity index (χ0n) is 12.5. The van der Waals surface area contributed by atoms with E-state index >= 15 is 0 Å². The molecule has 106 valence electrons. The Bertz CT molecular complexity index is 415. The number of para-hydroxylation sites is 1. The molecule has 0 radical (unpaired) electrons. The van der Waals surface area contributed by atoms with Gasteiger partial charge in [-0.1, -0.05) is 45.9 Å². The van der Waals surface area contributed by atoms with Crippen molar-refractivity contribution in [3.63, 3.8) is 0 Å². The maximum absolute atomic E-state index is 12.5. The van der Waals surface area contributed by atoms with E-state index < -0.39 is 0 Å². The molecule has 0 saturated heterocycles. The van der Waals surface area contributed by atoms with Gasteiger partial charge in [-0.3, -0.25) is 4.79 Å². The molecule has 1 amide bonds. The molecule has 0 saturated carbocycles. The van der Waals surface area contributed by atoms with Crippen molar-refractivity contribution in [2.24, 2.45) is 11.8 Å². The van der Waals surface area contributed by atoms with E-state index in [0.717, 1.165) is 24.2 Å². The van der Waals surface area contributed by atoms with Crippen LogP contribution >= 0.6 is 0 Å². The zero-order valence-corrected chi connectivity index (χ0v) is 12.5. The average molecular weight is 262 g/mol. The van der Waals surface area contributed by atoms with Crippen molar-refractivity contribution in [1.29, 1.82) is 0 Å². The first-order chi connectivity index (χ1) is 8.97. The summed E-state index contributed by atoms with van der Waals surface area (Å²) in [6, 6.07) is 7.76. The van der Waals surface area contributed by atoms with Crippen molar-refractivity contribution in [1.82, 2.24) is 4.90 Å². The minimum atomic E-state index is 0.0523. The van der Waals surface area contributed by atoms with Crippen LogP contribution in [0, 0.1) is 11.8 Å². The molecule has 1 aromatic rings. The lowest BCUT2D eigenvalue weighted by Crippen LogP contribution is -2.37. The van der Waals surface area contributed by atoms with Gasteiger partial charge in [0.2, 0.25) is 5.91 Å². The third-order valence-corrected chi connectivity index (χ3v) is 3.61. The molecule has 2 N–H and O–H groups in total. The number of rotatable bonds is 6. The van der Waals surface area contributed by atoms with Crippen molar-refractivity contribution >= 4 is 11.6 Å². The molecule has 1 unspecified atom stereocenters. The molecule has 3 nitrogen and oxygen atoms in total. The first-order valence-electron chi connectivity index (χ1n) is 7.09. The molecule has 0 aliphatic carbocycles. The zero-order chi connectivity index (χ0) is 14.4. The minimum absolute atomic E-state index is 0.0523. The van der Waals surface area contributed by atoms with Crippen molar-refractivity contribution in [3.8, 4) is 0 Å². The maximum atomic E-state index is 12.5. The smallest absolute Gasteiger partial charge is 0.225 e. The SMILES string of the molecule is CCCN(Cc1ccccc1N)C(=O)C(C)C(C)C. The first kappa shape index (κ1) is 15.5. The van der Waals surface area contributed by atoms with Crippen LogP contribution in [-0.4, -0.2) is 17.4 Å². The van der Waals surface area contributed by atoms with Gasteiger partial charge in [-0.2, -0.15) is 0 Å². The van der Waals surface area contributed by atoms with Gasteiger partial charge in [-0.25, -0.2) is 0 Å². The van der Waals surface area contributed by atoms with E-state index in [-0.39, 0.29) is 11.8 Å². The largest absolute Gasteiger partial charge is 0.398 e. The predicted molar refractivity (Wildman–Crippen MR) is 80.6 cm³/mol. The summed E-state index contributed by atoms with van der Waals surface area (Å²) in [7, 11) is 0. The standard InChI is InChI=1S/C16H26N2O/c1-5-10-18(16(19)13(4)12(2)3)11-14-8-6-7-9-15(14)17/h6-9,12-13H,5,10-11,17H2,1-4H3. The number of amides is 1. The summed E-state index contributed by atoms with van der Waals surface area (Å²) in [5, 5.41) is 0. The first-order valence-corrected chi connectivity index (χ1v) is 7.09. The summed E-state index contributed by atoms with van der Waals surface area (Å²) >= 11 is 0. The van der Waals surface area contributed by atoms with Gasteiger partial charge in [0, 0.05) is 24.7 Å². The van der Waals surface area contributed by atoms with Crippen LogP contribution in [-0.2, 0) is 11.3 Å². The lowest BCUT2D eigenvalue weighted by Gasteiger charge is -2.27. The van der Waals surface area contributed by atoms with E-state index in [9.17, 15) is 4.79 Å². The van der Waals surface area contributed by atoms with Crippen LogP contribution in [0.2, 0.25) is 0 Å². The Morgan fingerprint density at radius 2 is 1.89 bits per heavy atom. The summed E-state index contributed by atoms with van der Waals surface area (Å²) in [4.78, 5) is 14.4. The van der Waals surface area contributed by atoms with Crippen LogP contribution < -0.4 is 5.73 Å². The molecule has 0 heterocycles. The van der Waals surface area contributed by atoms with Gasteiger partial charge in [0.15, 0.2) is 0 Å². The van der Waals surface area contributed by atoms with Crippen molar-refractivity contribution in [3.05, 3.63) is 29.8 Å². The number of hydrogen-bond donors (Lipinski definition) is 1. The highest BCUT2D eigenvalue weighted by Crippen LogP contribution is 2.18. The Balaban J connectivity index is 2.84. The van der Waals surface area contributed by atoms with E-state index in [1.807, 2.05) is 36.1 Å². The second kappa shape index (κ2) is 7.17. The molecule has 0 aliphatic heterocycles. The Labute approximate surface area is 116 Å². The fraction of sp³-hybridized carbons (Fsp3) is 0.562. The molecule has 3 heteroatoms. The summed E-state index contributed by atoms with van der Waals surface area (Å²) < 4.78 is 0. The molecule has 0 aliphatic rings. The number of nitrogens with zero attached hydrogens (tertiary/aromatic N) is 1. The normalized spacial score (nSPS) is 12.5. The van der Waals surface area contributed by atoms with Crippen LogP contribution in [0.15, 0.2) is 24.3 Å². The van der Waals surface area contributed by atoms with Gasteiger partial charge < -0.3 is 10.6 Å². The van der Waals surface area contributed by atoms with Gasteiger partial charge >= 0.3 is 0 Å². The van der Waals surface area contributed by atoms with E-state index in [4.69, 9.17) is 5.73 Å². The summed E-state index contributed by atoms with van der Waals surface area (Å²) in [5.41, 5.74) is 7.75. The van der Waals surface area contributed by atoms with Crippen molar-refractivity contribution in [2.45, 2.75) is 40.7 Å². The topological polar surface area (TPSA) is 46.3 Å². The van der Waals surface area contributed by atoms with Crippen molar-refractivity contribution < 1.29 is 4.79 Å². The van der Waals surface area contributed by atoms with E-state index in [1.54, 1.807) is 0 Å². The van der Waals surface area contributed by atoms with E-state index in [2.05, 4.69) is 20.8 Å². The van der Waals surface area contributed by atoms with Crippen LogP contribution in [0.4, 0.5) is 5.69 Å². The molecule has 1 aromatic carbocycles. The number of anilines is 1. The third-order valence-electron chi connectivity index (χ3n) is 3.61. The van der Waals surface area contributed by atoms with Gasteiger partial charge in [0.05, 0.1) is 0 Å². The second-order valence-corrected chi connectivity index (χ2v) is 5.49. The van der Waals surface area contributed by atoms with Gasteiger partial charge in [-0.05, 0) is 24.0 Å². The molecule has 0 fully saturated rings. The monoisotopic (exact) mass is 262 g/mol. The molecule has 0 spiro atoms. The molecule has 0 aromatic heterocycles. The molecule has 0 bridgehead atoms. The van der Waals surface area contributed by atoms with Gasteiger partial charge in [0.1, 0.15) is 0 Å². The second-order valence-electron chi connectivity index (χ2n) is 5.49. The molecular weight excluding hydrogens is 236 g/mol. The number of benzene rings is 1. The molecular formula is C16H26N2O. The third kappa shape index (κ3) is 4.27. The molecule has 19 heavy (non-hydrogen) atoms. The fourth-order valence-electron chi connectivity index (χ4n) is 1.99. The van der Waals surface area contributed by atoms with E-state index in [0.29, 0.717) is 12.5 Å². The van der Waals surface area contributed by atoms with Crippen LogP contribution in [0.3, 0.4) is 0 Å². The molecule has 1 rings (SSSR count). The number of nitrogens with two attached hydrogens (primary N) is 1. The van der Waals surface area contributed by atoms with Crippen LogP contribution in [0.5, 0.6) is 0 Å². The lowest BCUT2D eigenvalue weighted by atomic mass is 9.96. The van der Waals surface area contributed by atoms with E-state index in [1.165, 1.54) is 0 Å². The Morgan fingerprint density at radius 1 is 1.26 bits per heavy atom. The van der Waals surface area contributed by atoms with Crippen LogP contribution in [0.1, 0.15) is 39.7 Å². The fourth-order valence-corrected chi connectivity index (χ4v) is 1.99. The number of carbonyl (C=O) groups excluding carboxylic acids is 1. The summed E-state index contributed by atoms with van der Waals surface area (Å²) in [6.45, 7) is 9.66. The van der Waals surface area contributed by atoms with Gasteiger partial charge in [-0.15, -0.1) is 0 Å². The Hall–Kier alpha value is -1.51. The summed E-state index contributed by atoms with van der Waals surface area (Å²) in [6.07, 6.45) is 0.962. The summed E-state index contributed by atoms with van der Waals surface area (Å²) in [5.74, 6) is 0.636. The van der Waals surface area contributed by atoms with Crippen LogP contribution in [0.25, 0.3) is 0 Å². The highest BCUT2D eigenvalue weighted by Gasteiger charge is 2.22. The quantitative estimate of drug-likeness (QED) is 0.800. The Morgan fingerprint density at radius 3 is 2.42 bits per heavy atom.